The van der Waals surface area contributed by atoms with E-state index in [1.54, 1.807) is 42.5 Å². The molecule has 8 heteroatoms. The van der Waals surface area contributed by atoms with E-state index in [-0.39, 0.29) is 19.2 Å². The van der Waals surface area contributed by atoms with Crippen LogP contribution >= 0.6 is 0 Å². The lowest BCUT2D eigenvalue weighted by atomic mass is 10.2. The van der Waals surface area contributed by atoms with Crippen molar-refractivity contribution >= 4 is 17.8 Å². The molecule has 1 heterocycles. The summed E-state index contributed by atoms with van der Waals surface area (Å²) in [6.07, 6.45) is -0.334. The van der Waals surface area contributed by atoms with Crippen LogP contribution in [0.3, 0.4) is 0 Å². The quantitative estimate of drug-likeness (QED) is 0.688. The van der Waals surface area contributed by atoms with E-state index in [1.165, 1.54) is 0 Å². The number of hydrogen-bond donors (Lipinski definition) is 2. The summed E-state index contributed by atoms with van der Waals surface area (Å²) in [5.41, 5.74) is 0.435. The first-order chi connectivity index (χ1) is 13.6. The molecular weight excluding hydrogens is 364 g/mol. The third-order valence-electron chi connectivity index (χ3n) is 3.89. The topological polar surface area (TPSA) is 103 Å². The number of carbonyl (C=O) groups is 3. The van der Waals surface area contributed by atoms with Gasteiger partial charge in [0, 0.05) is 5.56 Å². The standard InChI is InChI=1S/C20H20N2O6/c23-18(21-10-15-12-26-16-8-4-5-9-17(16)28-15)13-27-19(24)11-22-20(25)14-6-2-1-3-7-14/h1-9,15H,10-13H2,(H,21,23)(H,22,25)/t15-/m1/s1. The molecule has 2 N–H and O–H groups in total. The number of para-hydroxylation sites is 2. The molecule has 0 saturated carbocycles. The zero-order valence-electron chi connectivity index (χ0n) is 15.1. The molecule has 1 atom stereocenters. The smallest absolute Gasteiger partial charge is 0.325 e. The Morgan fingerprint density at radius 3 is 2.46 bits per heavy atom. The molecule has 2 amide bonds. The maximum absolute atomic E-state index is 11.8. The van der Waals surface area contributed by atoms with Gasteiger partial charge in [0.05, 0.1) is 6.54 Å². The van der Waals surface area contributed by atoms with Crippen molar-refractivity contribution in [2.45, 2.75) is 6.10 Å². The van der Waals surface area contributed by atoms with Crippen LogP contribution < -0.4 is 20.1 Å². The number of hydrogen-bond acceptors (Lipinski definition) is 6. The van der Waals surface area contributed by atoms with Crippen molar-refractivity contribution in [1.82, 2.24) is 10.6 Å². The molecule has 3 rings (SSSR count). The third-order valence-corrected chi connectivity index (χ3v) is 3.89. The van der Waals surface area contributed by atoms with E-state index in [1.807, 2.05) is 12.1 Å². The number of benzene rings is 2. The van der Waals surface area contributed by atoms with Crippen molar-refractivity contribution in [1.29, 1.82) is 0 Å². The van der Waals surface area contributed by atoms with Crippen molar-refractivity contribution in [3.05, 3.63) is 60.2 Å². The van der Waals surface area contributed by atoms with Gasteiger partial charge in [-0.3, -0.25) is 14.4 Å². The fourth-order valence-electron chi connectivity index (χ4n) is 2.48. The molecular formula is C20H20N2O6. The Hall–Kier alpha value is -3.55. The highest BCUT2D eigenvalue weighted by Gasteiger charge is 2.21. The van der Waals surface area contributed by atoms with Gasteiger partial charge in [0.15, 0.2) is 18.1 Å². The minimum atomic E-state index is -0.703. The van der Waals surface area contributed by atoms with Crippen molar-refractivity contribution in [2.24, 2.45) is 0 Å². The van der Waals surface area contributed by atoms with Gasteiger partial charge in [-0.15, -0.1) is 0 Å². The normalized spacial score (nSPS) is 14.6. The van der Waals surface area contributed by atoms with E-state index >= 15 is 0 Å². The van der Waals surface area contributed by atoms with E-state index in [2.05, 4.69) is 10.6 Å². The van der Waals surface area contributed by atoms with Crippen molar-refractivity contribution in [3.8, 4) is 11.5 Å². The highest BCUT2D eigenvalue weighted by molar-refractivity contribution is 5.96. The van der Waals surface area contributed by atoms with E-state index in [4.69, 9.17) is 14.2 Å². The van der Waals surface area contributed by atoms with E-state index in [0.29, 0.717) is 23.7 Å². The lowest BCUT2D eigenvalue weighted by Gasteiger charge is -2.26. The Labute approximate surface area is 161 Å². The maximum Gasteiger partial charge on any atom is 0.325 e. The molecule has 2 aromatic carbocycles. The molecule has 0 radical (unpaired) electrons. The summed E-state index contributed by atoms with van der Waals surface area (Å²) in [4.78, 5) is 35.3. The Kier molecular flexibility index (Phi) is 6.46. The second-order valence-corrected chi connectivity index (χ2v) is 6.01. The van der Waals surface area contributed by atoms with E-state index < -0.39 is 24.4 Å². The number of nitrogens with one attached hydrogen (secondary N) is 2. The van der Waals surface area contributed by atoms with Crippen LogP contribution in [-0.4, -0.2) is 50.2 Å². The largest absolute Gasteiger partial charge is 0.486 e. The Bertz CT molecular complexity index is 840. The number of fused-ring (bicyclic) bond motifs is 1. The average molecular weight is 384 g/mol. The number of amides is 2. The second kappa shape index (κ2) is 9.40. The Morgan fingerprint density at radius 1 is 0.964 bits per heavy atom. The van der Waals surface area contributed by atoms with Gasteiger partial charge >= 0.3 is 5.97 Å². The minimum absolute atomic E-state index is 0.218. The number of esters is 1. The SMILES string of the molecule is O=C(COC(=O)CNC(=O)c1ccccc1)NC[C@@H]1COc2ccccc2O1. The van der Waals surface area contributed by atoms with Crippen LogP contribution in [0.2, 0.25) is 0 Å². The van der Waals surface area contributed by atoms with Gasteiger partial charge in [-0.1, -0.05) is 30.3 Å². The highest BCUT2D eigenvalue weighted by Crippen LogP contribution is 2.30. The average Bonchev–Trinajstić information content (AvgIpc) is 2.75. The molecule has 1 aliphatic heterocycles. The molecule has 0 saturated heterocycles. The first kappa shape index (κ1) is 19.2. The number of rotatable bonds is 7. The molecule has 146 valence electrons. The van der Waals surface area contributed by atoms with Gasteiger partial charge in [-0.2, -0.15) is 0 Å². The third kappa shape index (κ3) is 5.47. The van der Waals surface area contributed by atoms with Crippen LogP contribution in [0.25, 0.3) is 0 Å². The summed E-state index contributed by atoms with van der Waals surface area (Å²) in [6.45, 7) is -0.236. The first-order valence-corrected chi connectivity index (χ1v) is 8.76. The highest BCUT2D eigenvalue weighted by atomic mass is 16.6. The number of ether oxygens (including phenoxy) is 3. The fraction of sp³-hybridized carbons (Fsp3) is 0.250. The zero-order chi connectivity index (χ0) is 19.8. The molecule has 28 heavy (non-hydrogen) atoms. The van der Waals surface area contributed by atoms with Gasteiger partial charge in [0.25, 0.3) is 11.8 Å². The van der Waals surface area contributed by atoms with Crippen LogP contribution in [-0.2, 0) is 14.3 Å². The van der Waals surface area contributed by atoms with Crippen LogP contribution in [0.15, 0.2) is 54.6 Å². The molecule has 0 fully saturated rings. The Morgan fingerprint density at radius 2 is 1.68 bits per heavy atom. The Balaban J connectivity index is 1.32. The van der Waals surface area contributed by atoms with Crippen molar-refractivity contribution in [2.75, 3.05) is 26.3 Å². The van der Waals surface area contributed by atoms with Crippen LogP contribution in [0.1, 0.15) is 10.4 Å². The summed E-state index contributed by atoms with van der Waals surface area (Å²) >= 11 is 0. The van der Waals surface area contributed by atoms with Crippen molar-refractivity contribution < 1.29 is 28.6 Å². The summed E-state index contributed by atoms with van der Waals surface area (Å²) in [6, 6.07) is 15.8. The van der Waals surface area contributed by atoms with Crippen LogP contribution in [0, 0.1) is 0 Å². The zero-order valence-corrected chi connectivity index (χ0v) is 15.1. The van der Waals surface area contributed by atoms with Gasteiger partial charge < -0.3 is 24.8 Å². The summed E-state index contributed by atoms with van der Waals surface area (Å²) in [7, 11) is 0. The first-order valence-electron chi connectivity index (χ1n) is 8.76. The lowest BCUT2D eigenvalue weighted by molar-refractivity contribution is -0.147. The molecule has 1 aliphatic rings. The number of carbonyl (C=O) groups excluding carboxylic acids is 3. The molecule has 0 aliphatic carbocycles. The van der Waals surface area contributed by atoms with Gasteiger partial charge in [-0.05, 0) is 24.3 Å². The van der Waals surface area contributed by atoms with Crippen LogP contribution in [0.5, 0.6) is 11.5 Å². The van der Waals surface area contributed by atoms with Crippen LogP contribution in [0.4, 0.5) is 0 Å². The van der Waals surface area contributed by atoms with E-state index in [0.717, 1.165) is 0 Å². The predicted molar refractivity (Wildman–Crippen MR) is 99.1 cm³/mol. The summed E-state index contributed by atoms with van der Waals surface area (Å²) < 4.78 is 16.1. The molecule has 0 spiro atoms. The lowest BCUT2D eigenvalue weighted by Crippen LogP contribution is -2.42. The minimum Gasteiger partial charge on any atom is -0.486 e. The molecule has 0 unspecified atom stereocenters. The van der Waals surface area contributed by atoms with E-state index in [9.17, 15) is 14.4 Å². The second-order valence-electron chi connectivity index (χ2n) is 6.01. The fourth-order valence-corrected chi connectivity index (χ4v) is 2.48. The summed E-state index contributed by atoms with van der Waals surface area (Å²) in [5, 5.41) is 5.05. The summed E-state index contributed by atoms with van der Waals surface area (Å²) in [5.74, 6) is -0.280. The van der Waals surface area contributed by atoms with Gasteiger partial charge in [0.2, 0.25) is 0 Å². The molecule has 2 aromatic rings. The monoisotopic (exact) mass is 384 g/mol. The van der Waals surface area contributed by atoms with Gasteiger partial charge in [-0.25, -0.2) is 0 Å². The molecule has 0 bridgehead atoms. The van der Waals surface area contributed by atoms with Gasteiger partial charge in [0.1, 0.15) is 19.3 Å². The molecule has 0 aromatic heterocycles. The maximum atomic E-state index is 11.8. The molecule has 8 nitrogen and oxygen atoms in total. The predicted octanol–water partition coefficient (Wildman–Crippen LogP) is 0.916. The van der Waals surface area contributed by atoms with Crippen molar-refractivity contribution in [3.63, 3.8) is 0 Å².